The van der Waals surface area contributed by atoms with E-state index in [1.54, 1.807) is 0 Å². The second kappa shape index (κ2) is 12.5. The van der Waals surface area contributed by atoms with Gasteiger partial charge in [0.05, 0.1) is 11.0 Å². The van der Waals surface area contributed by atoms with Crippen LogP contribution in [0.2, 0.25) is 0 Å². The van der Waals surface area contributed by atoms with E-state index in [0.29, 0.717) is 0 Å². The molecule has 0 saturated carbocycles. The Kier molecular flexibility index (Phi) is 7.18. The van der Waals surface area contributed by atoms with Gasteiger partial charge in [0.2, 0.25) is 0 Å². The molecule has 10 rings (SSSR count). The van der Waals surface area contributed by atoms with Crippen LogP contribution in [0.1, 0.15) is 0 Å². The molecule has 1 heterocycles. The standard InChI is InChI=1S/C50H34N2/c1-5-17-35(18-6-1)49-45-27-14-13-25-41(45)42-31-29-39(33-46(42)50(49)36-19-7-2-8-20-36)51(37-21-9-3-10-22-37)40-30-32-44-43-26-15-16-28-47(43)52(48(44)34-40)38-23-11-4-12-24-38/h1-34H. The van der Waals surface area contributed by atoms with Crippen molar-refractivity contribution in [2.75, 3.05) is 4.90 Å². The summed E-state index contributed by atoms with van der Waals surface area (Å²) in [4.78, 5) is 2.40. The fourth-order valence-electron chi connectivity index (χ4n) is 8.11. The summed E-state index contributed by atoms with van der Waals surface area (Å²) >= 11 is 0. The monoisotopic (exact) mass is 662 g/mol. The van der Waals surface area contributed by atoms with Crippen molar-refractivity contribution < 1.29 is 0 Å². The van der Waals surface area contributed by atoms with Crippen molar-refractivity contribution in [1.82, 2.24) is 4.57 Å². The van der Waals surface area contributed by atoms with Gasteiger partial charge >= 0.3 is 0 Å². The number of para-hydroxylation sites is 3. The van der Waals surface area contributed by atoms with Crippen molar-refractivity contribution >= 4 is 60.4 Å². The van der Waals surface area contributed by atoms with Gasteiger partial charge in [-0.15, -0.1) is 0 Å². The third-order valence-corrected chi connectivity index (χ3v) is 10.3. The van der Waals surface area contributed by atoms with Crippen LogP contribution in [0.5, 0.6) is 0 Å². The molecule has 0 saturated heterocycles. The minimum Gasteiger partial charge on any atom is -0.310 e. The molecule has 1 aromatic heterocycles. The van der Waals surface area contributed by atoms with Gasteiger partial charge in [-0.05, 0) is 98.4 Å². The summed E-state index contributed by atoms with van der Waals surface area (Å²) < 4.78 is 2.39. The lowest BCUT2D eigenvalue weighted by Crippen LogP contribution is -2.10. The predicted molar refractivity (Wildman–Crippen MR) is 221 cm³/mol. The van der Waals surface area contributed by atoms with Crippen LogP contribution in [-0.4, -0.2) is 4.57 Å². The quantitative estimate of drug-likeness (QED) is 0.161. The molecular weight excluding hydrogens is 629 g/mol. The van der Waals surface area contributed by atoms with Gasteiger partial charge in [0, 0.05) is 33.5 Å². The zero-order valence-corrected chi connectivity index (χ0v) is 28.5. The van der Waals surface area contributed by atoms with Gasteiger partial charge < -0.3 is 9.47 Å². The lowest BCUT2D eigenvalue weighted by molar-refractivity contribution is 1.18. The Morgan fingerprint density at radius 3 is 1.42 bits per heavy atom. The van der Waals surface area contributed by atoms with Crippen LogP contribution >= 0.6 is 0 Å². The Morgan fingerprint density at radius 2 is 0.750 bits per heavy atom. The third-order valence-electron chi connectivity index (χ3n) is 10.3. The van der Waals surface area contributed by atoms with Crippen molar-refractivity contribution in [1.29, 1.82) is 0 Å². The van der Waals surface area contributed by atoms with Crippen molar-refractivity contribution in [3.8, 4) is 27.9 Å². The van der Waals surface area contributed by atoms with Crippen LogP contribution < -0.4 is 4.90 Å². The minimum absolute atomic E-state index is 1.10. The Bertz CT molecular complexity index is 2870. The predicted octanol–water partition coefficient (Wildman–Crippen LogP) is 13.9. The lowest BCUT2D eigenvalue weighted by Gasteiger charge is -2.27. The SMILES string of the molecule is c1ccc(-c2c(-c3ccccc3)c3cc(N(c4ccccc4)c4ccc5c6ccccc6n(-c6ccccc6)c5c4)ccc3c3ccccc23)cc1. The maximum Gasteiger partial charge on any atom is 0.0561 e. The van der Waals surface area contributed by atoms with Gasteiger partial charge in [-0.3, -0.25) is 0 Å². The van der Waals surface area contributed by atoms with E-state index in [1.807, 2.05) is 0 Å². The fraction of sp³-hybridized carbons (Fsp3) is 0. The smallest absolute Gasteiger partial charge is 0.0561 e. The molecule has 0 radical (unpaired) electrons. The summed E-state index contributed by atoms with van der Waals surface area (Å²) in [5.74, 6) is 0. The fourth-order valence-corrected chi connectivity index (χ4v) is 8.11. The van der Waals surface area contributed by atoms with Crippen molar-refractivity contribution in [2.24, 2.45) is 0 Å². The largest absolute Gasteiger partial charge is 0.310 e. The molecule has 0 fully saturated rings. The molecule has 0 aliphatic carbocycles. The summed E-state index contributed by atoms with van der Waals surface area (Å²) in [6, 6.07) is 74.7. The van der Waals surface area contributed by atoms with Gasteiger partial charge in [0.15, 0.2) is 0 Å². The second-order valence-corrected chi connectivity index (χ2v) is 13.3. The third kappa shape index (κ3) is 4.88. The van der Waals surface area contributed by atoms with E-state index < -0.39 is 0 Å². The normalized spacial score (nSPS) is 11.5. The van der Waals surface area contributed by atoms with E-state index >= 15 is 0 Å². The highest BCUT2D eigenvalue weighted by Gasteiger charge is 2.21. The molecule has 0 aliphatic heterocycles. The molecule has 2 nitrogen and oxygen atoms in total. The minimum atomic E-state index is 1.10. The zero-order valence-electron chi connectivity index (χ0n) is 28.5. The topological polar surface area (TPSA) is 8.17 Å². The lowest BCUT2D eigenvalue weighted by atomic mass is 9.85. The van der Waals surface area contributed by atoms with Crippen molar-refractivity contribution in [3.05, 3.63) is 206 Å². The first-order valence-electron chi connectivity index (χ1n) is 17.9. The molecule has 9 aromatic carbocycles. The van der Waals surface area contributed by atoms with Crippen LogP contribution in [-0.2, 0) is 0 Å². The van der Waals surface area contributed by atoms with Crippen LogP contribution in [0.3, 0.4) is 0 Å². The summed E-state index contributed by atoms with van der Waals surface area (Å²) in [6.45, 7) is 0. The van der Waals surface area contributed by atoms with Gasteiger partial charge in [0.25, 0.3) is 0 Å². The number of benzene rings is 9. The molecule has 2 heteroatoms. The average Bonchev–Trinajstić information content (AvgIpc) is 3.55. The van der Waals surface area contributed by atoms with Gasteiger partial charge in [-0.2, -0.15) is 0 Å². The summed E-state index contributed by atoms with van der Waals surface area (Å²) in [5.41, 5.74) is 11.7. The van der Waals surface area contributed by atoms with E-state index in [9.17, 15) is 0 Å². The molecule has 0 amide bonds. The van der Waals surface area contributed by atoms with E-state index in [0.717, 1.165) is 22.7 Å². The van der Waals surface area contributed by atoms with Crippen LogP contribution in [0.25, 0.3) is 71.3 Å². The average molecular weight is 663 g/mol. The Morgan fingerprint density at radius 1 is 0.288 bits per heavy atom. The van der Waals surface area contributed by atoms with Crippen LogP contribution in [0, 0.1) is 0 Å². The van der Waals surface area contributed by atoms with E-state index in [4.69, 9.17) is 0 Å². The number of aromatic nitrogens is 1. The highest BCUT2D eigenvalue weighted by Crippen LogP contribution is 2.47. The van der Waals surface area contributed by atoms with Gasteiger partial charge in [-0.25, -0.2) is 0 Å². The highest BCUT2D eigenvalue weighted by molar-refractivity contribution is 6.22. The molecule has 244 valence electrons. The second-order valence-electron chi connectivity index (χ2n) is 13.3. The maximum absolute atomic E-state index is 2.40. The van der Waals surface area contributed by atoms with E-state index in [-0.39, 0.29) is 0 Å². The Balaban J connectivity index is 1.28. The van der Waals surface area contributed by atoms with Gasteiger partial charge in [-0.1, -0.05) is 152 Å². The number of anilines is 3. The van der Waals surface area contributed by atoms with E-state index in [1.165, 1.54) is 65.6 Å². The first-order valence-corrected chi connectivity index (χ1v) is 17.9. The molecule has 52 heavy (non-hydrogen) atoms. The molecule has 0 bridgehead atoms. The number of nitrogens with zero attached hydrogens (tertiary/aromatic N) is 2. The molecule has 10 aromatic rings. The van der Waals surface area contributed by atoms with Gasteiger partial charge in [0.1, 0.15) is 0 Å². The number of fused-ring (bicyclic) bond motifs is 6. The van der Waals surface area contributed by atoms with Crippen LogP contribution in [0.15, 0.2) is 206 Å². The molecule has 0 N–H and O–H groups in total. The molecule has 0 unspecified atom stereocenters. The Hall–Kier alpha value is -6.90. The number of hydrogen-bond donors (Lipinski definition) is 0. The maximum atomic E-state index is 2.40. The highest BCUT2D eigenvalue weighted by atomic mass is 15.1. The summed E-state index contributed by atoms with van der Waals surface area (Å²) in [7, 11) is 0. The molecule has 0 atom stereocenters. The Labute approximate surface area is 303 Å². The number of hydrogen-bond acceptors (Lipinski definition) is 1. The van der Waals surface area contributed by atoms with Crippen molar-refractivity contribution in [3.63, 3.8) is 0 Å². The van der Waals surface area contributed by atoms with E-state index in [2.05, 4.69) is 216 Å². The molecular formula is C50H34N2. The zero-order chi connectivity index (χ0) is 34.4. The number of rotatable bonds is 6. The van der Waals surface area contributed by atoms with Crippen LogP contribution in [0.4, 0.5) is 17.1 Å². The first-order chi connectivity index (χ1) is 25.8. The molecule has 0 spiro atoms. The molecule has 0 aliphatic rings. The summed E-state index contributed by atoms with van der Waals surface area (Å²) in [5, 5.41) is 7.46. The van der Waals surface area contributed by atoms with Crippen molar-refractivity contribution in [2.45, 2.75) is 0 Å². The first kappa shape index (κ1) is 30.0. The summed E-state index contributed by atoms with van der Waals surface area (Å²) in [6.07, 6.45) is 0.